The molecule has 4 aromatic rings. The third-order valence-electron chi connectivity index (χ3n) is 5.46. The number of amides is 1. The van der Waals surface area contributed by atoms with Gasteiger partial charge in [-0.1, -0.05) is 24.3 Å². The minimum Gasteiger partial charge on any atom is -0.486 e. The smallest absolute Gasteiger partial charge is 0.263 e. The fourth-order valence-corrected chi connectivity index (χ4v) is 4.97. The molecule has 0 saturated heterocycles. The first-order valence-corrected chi connectivity index (χ1v) is 11.1. The van der Waals surface area contributed by atoms with Crippen LogP contribution in [0.15, 0.2) is 54.6 Å². The quantitative estimate of drug-likeness (QED) is 0.448. The maximum absolute atomic E-state index is 13.2. The van der Waals surface area contributed by atoms with E-state index in [0.29, 0.717) is 30.3 Å². The topological polar surface area (TPSA) is 56.6 Å². The second kappa shape index (κ2) is 8.27. The predicted octanol–water partition coefficient (Wildman–Crippen LogP) is 4.51. The van der Waals surface area contributed by atoms with Crippen molar-refractivity contribution < 1.29 is 18.7 Å². The van der Waals surface area contributed by atoms with Gasteiger partial charge in [-0.3, -0.25) is 9.48 Å². The molecule has 32 heavy (non-hydrogen) atoms. The molecule has 0 fully saturated rings. The van der Waals surface area contributed by atoms with E-state index in [-0.39, 0.29) is 17.8 Å². The number of aryl methyl sites for hydroxylation is 1. The molecule has 0 radical (unpaired) electrons. The van der Waals surface area contributed by atoms with Crippen LogP contribution in [0.3, 0.4) is 0 Å². The number of carbonyl (C=O) groups excluding carboxylic acids is 1. The fourth-order valence-electron chi connectivity index (χ4n) is 3.82. The number of hydrogen-bond acceptors (Lipinski definition) is 5. The molecule has 8 heteroatoms. The summed E-state index contributed by atoms with van der Waals surface area (Å²) in [7, 11) is 1.77. The highest BCUT2D eigenvalue weighted by Crippen LogP contribution is 2.32. The molecule has 1 aliphatic heterocycles. The normalized spacial score (nSPS) is 15.2. The molecule has 0 aliphatic carbocycles. The lowest BCUT2D eigenvalue weighted by Gasteiger charge is -2.29. The molecule has 0 bridgehead atoms. The van der Waals surface area contributed by atoms with Gasteiger partial charge in [0.05, 0.1) is 23.7 Å². The van der Waals surface area contributed by atoms with Gasteiger partial charge in [0, 0.05) is 12.4 Å². The molecule has 2 aromatic carbocycles. The Kier molecular flexibility index (Phi) is 5.30. The monoisotopic (exact) mass is 451 g/mol. The van der Waals surface area contributed by atoms with E-state index in [2.05, 4.69) is 5.10 Å². The molecule has 0 saturated carbocycles. The maximum atomic E-state index is 13.2. The van der Waals surface area contributed by atoms with Gasteiger partial charge in [0.15, 0.2) is 17.6 Å². The van der Waals surface area contributed by atoms with Gasteiger partial charge in [0.1, 0.15) is 17.3 Å². The number of ether oxygens (including phenoxy) is 2. The van der Waals surface area contributed by atoms with E-state index >= 15 is 0 Å². The first-order valence-electron chi connectivity index (χ1n) is 10.3. The molecular weight excluding hydrogens is 429 g/mol. The van der Waals surface area contributed by atoms with Gasteiger partial charge in [0.2, 0.25) is 0 Å². The van der Waals surface area contributed by atoms with Gasteiger partial charge in [-0.2, -0.15) is 5.10 Å². The zero-order valence-corrected chi connectivity index (χ0v) is 18.6. The number of halogens is 1. The lowest BCUT2D eigenvalue weighted by Crippen LogP contribution is -2.41. The third kappa shape index (κ3) is 3.93. The predicted molar refractivity (Wildman–Crippen MR) is 121 cm³/mol. The first kappa shape index (κ1) is 20.5. The number of hydrogen-bond donors (Lipinski definition) is 0. The van der Waals surface area contributed by atoms with Crippen LogP contribution in [0.25, 0.3) is 10.2 Å². The second-order valence-corrected chi connectivity index (χ2v) is 8.91. The van der Waals surface area contributed by atoms with E-state index < -0.39 is 0 Å². The van der Waals surface area contributed by atoms with Crippen LogP contribution in [-0.2, 0) is 6.54 Å². The van der Waals surface area contributed by atoms with Gasteiger partial charge in [-0.25, -0.2) is 4.39 Å². The van der Waals surface area contributed by atoms with Crippen molar-refractivity contribution in [1.29, 1.82) is 0 Å². The van der Waals surface area contributed by atoms with Crippen molar-refractivity contribution in [2.75, 3.05) is 20.2 Å². The van der Waals surface area contributed by atoms with Gasteiger partial charge in [-0.15, -0.1) is 11.3 Å². The van der Waals surface area contributed by atoms with Crippen LogP contribution >= 0.6 is 11.3 Å². The summed E-state index contributed by atoms with van der Waals surface area (Å²) in [5.74, 6) is 1.09. The molecule has 0 spiro atoms. The van der Waals surface area contributed by atoms with E-state index in [1.807, 2.05) is 41.9 Å². The number of benzene rings is 2. The highest BCUT2D eigenvalue weighted by Gasteiger charge is 2.25. The Morgan fingerprint density at radius 2 is 1.97 bits per heavy atom. The average molecular weight is 452 g/mol. The number of likely N-dealkylation sites (N-methyl/N-ethyl adjacent to an activating group) is 1. The van der Waals surface area contributed by atoms with Crippen LogP contribution in [0.4, 0.5) is 4.39 Å². The zero-order chi connectivity index (χ0) is 22.2. The number of aromatic nitrogens is 2. The molecule has 3 heterocycles. The number of rotatable bonds is 5. The van der Waals surface area contributed by atoms with E-state index in [4.69, 9.17) is 9.47 Å². The summed E-state index contributed by atoms with van der Waals surface area (Å²) in [6.45, 7) is 3.26. The average Bonchev–Trinajstić information content (AvgIpc) is 3.36. The van der Waals surface area contributed by atoms with E-state index in [0.717, 1.165) is 27.2 Å². The number of thiophene rings is 1. The van der Waals surface area contributed by atoms with Crippen molar-refractivity contribution in [3.8, 4) is 11.5 Å². The molecule has 5 rings (SSSR count). The molecule has 1 aliphatic rings. The number of para-hydroxylation sites is 2. The highest BCUT2D eigenvalue weighted by atomic mass is 32.1. The standard InChI is InChI=1S/C24H22FN3O3S/c1-15-19-11-22(32-24(19)28(26-15)12-16-7-9-17(25)10-8-16)23(29)27(2)13-18-14-30-20-5-3-4-6-21(20)31-18/h3-11,18H,12-14H2,1-2H3. The van der Waals surface area contributed by atoms with Crippen LogP contribution in [-0.4, -0.2) is 46.9 Å². The summed E-state index contributed by atoms with van der Waals surface area (Å²) in [4.78, 5) is 16.4. The zero-order valence-electron chi connectivity index (χ0n) is 17.7. The van der Waals surface area contributed by atoms with Gasteiger partial charge in [0.25, 0.3) is 5.91 Å². The van der Waals surface area contributed by atoms with Crippen molar-refractivity contribution in [3.63, 3.8) is 0 Å². The molecule has 0 N–H and O–H groups in total. The van der Waals surface area contributed by atoms with E-state index in [9.17, 15) is 9.18 Å². The van der Waals surface area contributed by atoms with E-state index in [1.54, 1.807) is 24.1 Å². The minimum absolute atomic E-state index is 0.0682. The van der Waals surface area contributed by atoms with Gasteiger partial charge in [-0.05, 0) is 42.8 Å². The lowest BCUT2D eigenvalue weighted by atomic mass is 10.2. The Balaban J connectivity index is 1.32. The largest absolute Gasteiger partial charge is 0.486 e. The molecule has 2 aromatic heterocycles. The van der Waals surface area contributed by atoms with Crippen LogP contribution in [0.2, 0.25) is 0 Å². The summed E-state index contributed by atoms with van der Waals surface area (Å²) >= 11 is 1.42. The van der Waals surface area contributed by atoms with Crippen LogP contribution in [0.5, 0.6) is 11.5 Å². The van der Waals surface area contributed by atoms with Crippen molar-refractivity contribution in [2.24, 2.45) is 0 Å². The summed E-state index contributed by atoms with van der Waals surface area (Å²) in [6.07, 6.45) is -0.232. The number of fused-ring (bicyclic) bond motifs is 2. The summed E-state index contributed by atoms with van der Waals surface area (Å²) in [5.41, 5.74) is 1.81. The fraction of sp³-hybridized carbons (Fsp3) is 0.250. The lowest BCUT2D eigenvalue weighted by molar-refractivity contribution is 0.0524. The van der Waals surface area contributed by atoms with Crippen LogP contribution < -0.4 is 9.47 Å². The van der Waals surface area contributed by atoms with Crippen molar-refractivity contribution in [3.05, 3.63) is 76.5 Å². The minimum atomic E-state index is -0.265. The molecule has 6 nitrogen and oxygen atoms in total. The van der Waals surface area contributed by atoms with Crippen molar-refractivity contribution in [1.82, 2.24) is 14.7 Å². The molecular formula is C24H22FN3O3S. The number of nitrogens with zero attached hydrogens (tertiary/aromatic N) is 3. The summed E-state index contributed by atoms with van der Waals surface area (Å²) in [6, 6.07) is 15.8. The molecule has 164 valence electrons. The Hall–Kier alpha value is -3.39. The Morgan fingerprint density at radius 1 is 1.22 bits per heavy atom. The Morgan fingerprint density at radius 3 is 2.75 bits per heavy atom. The third-order valence-corrected chi connectivity index (χ3v) is 6.59. The highest BCUT2D eigenvalue weighted by molar-refractivity contribution is 7.20. The van der Waals surface area contributed by atoms with Crippen LogP contribution in [0, 0.1) is 12.7 Å². The number of carbonyl (C=O) groups is 1. The van der Waals surface area contributed by atoms with Crippen molar-refractivity contribution in [2.45, 2.75) is 19.6 Å². The van der Waals surface area contributed by atoms with Gasteiger partial charge >= 0.3 is 0 Å². The Bertz CT molecular complexity index is 1280. The van der Waals surface area contributed by atoms with Gasteiger partial charge < -0.3 is 14.4 Å². The molecule has 1 atom stereocenters. The maximum Gasteiger partial charge on any atom is 0.263 e. The van der Waals surface area contributed by atoms with Crippen molar-refractivity contribution >= 4 is 27.5 Å². The molecule has 1 unspecified atom stereocenters. The summed E-state index contributed by atoms with van der Waals surface area (Å²) in [5, 5.41) is 5.56. The SMILES string of the molecule is Cc1nn(Cc2ccc(F)cc2)c2sc(C(=O)N(C)CC3COc4ccccc4O3)cc12. The summed E-state index contributed by atoms with van der Waals surface area (Å²) < 4.78 is 26.8. The Labute approximate surface area is 188 Å². The second-order valence-electron chi connectivity index (χ2n) is 7.88. The molecule has 1 amide bonds. The first-order chi connectivity index (χ1) is 15.5. The van der Waals surface area contributed by atoms with E-state index in [1.165, 1.54) is 23.5 Å². The van der Waals surface area contributed by atoms with Crippen LogP contribution in [0.1, 0.15) is 20.9 Å².